The van der Waals surface area contributed by atoms with Crippen molar-refractivity contribution < 1.29 is 0 Å². The summed E-state index contributed by atoms with van der Waals surface area (Å²) >= 11 is 7.50. The molecule has 6 rings (SSSR count). The van der Waals surface area contributed by atoms with E-state index in [1.54, 1.807) is 0 Å². The molecular weight excluding hydrogens is 856 g/mol. The van der Waals surface area contributed by atoms with E-state index in [2.05, 4.69) is 203 Å². The Kier molecular flexibility index (Phi) is 17.6. The third kappa shape index (κ3) is 14.9. The van der Waals surface area contributed by atoms with Gasteiger partial charge in [0.1, 0.15) is 0 Å². The third-order valence-corrected chi connectivity index (χ3v) is 11.6. The number of rotatable bonds is 15. The first-order chi connectivity index (χ1) is 29.3. The maximum absolute atomic E-state index is 3.75. The number of halogens is 2. The van der Waals surface area contributed by atoms with Crippen molar-refractivity contribution in [2.75, 3.05) is 0 Å². The molecule has 1 aliphatic rings. The van der Waals surface area contributed by atoms with Gasteiger partial charge in [-0.25, -0.2) is 0 Å². The van der Waals surface area contributed by atoms with Crippen LogP contribution >= 0.6 is 31.9 Å². The standard InChI is InChI=1S/C58H56Br2/c1-4-7-10-13-16-44-29-47-19-21-49-31-45(17-14-11-8-5-2)33-51(36-49)23-25-53-38-55(42-57(59)40-53)27-28-56-39-54(41-58(60)43-56)26-24-52-34-46(18-15-12-9-6-3)32-50(37-52)22-20-48(30-44)35-47/h27-43H,4-18H2,1-3H3/b28-27-. The van der Waals surface area contributed by atoms with Crippen LogP contribution in [0.3, 0.4) is 0 Å². The van der Waals surface area contributed by atoms with Gasteiger partial charge in [-0.3, -0.25) is 0 Å². The Morgan fingerprint density at radius 1 is 0.300 bits per heavy atom. The molecule has 0 atom stereocenters. The highest BCUT2D eigenvalue weighted by Gasteiger charge is 2.05. The Hall–Kier alpha value is -4.96. The minimum absolute atomic E-state index is 0.952. The molecule has 302 valence electrons. The highest BCUT2D eigenvalue weighted by Crippen LogP contribution is 2.22. The molecule has 0 heterocycles. The molecule has 0 radical (unpaired) electrons. The van der Waals surface area contributed by atoms with E-state index in [1.165, 1.54) is 74.5 Å². The van der Waals surface area contributed by atoms with E-state index in [4.69, 9.17) is 0 Å². The molecule has 0 nitrogen and oxygen atoms in total. The second-order valence-corrected chi connectivity index (χ2v) is 17.9. The van der Waals surface area contributed by atoms with Crippen molar-refractivity contribution in [1.82, 2.24) is 0 Å². The summed E-state index contributed by atoms with van der Waals surface area (Å²) in [6.07, 6.45) is 22.0. The van der Waals surface area contributed by atoms with E-state index < -0.39 is 0 Å². The first kappa shape index (κ1) is 44.6. The minimum Gasteiger partial charge on any atom is -0.0654 e. The molecule has 5 aromatic carbocycles. The SMILES string of the molecule is CCCCCCc1cc2cc(c1)C#Cc1cc(cc(CCCCCC)c1)C#Cc1cc(cc(CCCCCC)c1)C#Cc1cc(Br)cc(c1)/C=C\c1cc(Br)cc(c1)C#C2. The van der Waals surface area contributed by atoms with E-state index in [0.717, 1.165) is 103 Å². The Labute approximate surface area is 378 Å². The smallest absolute Gasteiger partial charge is 0.0266 e. The molecule has 0 spiro atoms. The quantitative estimate of drug-likeness (QED) is 0.0711. The topological polar surface area (TPSA) is 0 Å². The fraction of sp³-hybridized carbons (Fsp3) is 0.310. The predicted octanol–water partition coefficient (Wildman–Crippen LogP) is 15.7. The molecule has 0 aliphatic heterocycles. The van der Waals surface area contributed by atoms with Crippen molar-refractivity contribution >= 4 is 44.0 Å². The maximum atomic E-state index is 3.75. The molecule has 60 heavy (non-hydrogen) atoms. The van der Waals surface area contributed by atoms with Gasteiger partial charge in [0.05, 0.1) is 0 Å². The lowest BCUT2D eigenvalue weighted by atomic mass is 9.98. The predicted molar refractivity (Wildman–Crippen MR) is 264 cm³/mol. The van der Waals surface area contributed by atoms with Crippen LogP contribution in [0.25, 0.3) is 12.2 Å². The number of hydrogen-bond acceptors (Lipinski definition) is 0. The van der Waals surface area contributed by atoms with Crippen LogP contribution in [0.4, 0.5) is 0 Å². The fourth-order valence-corrected chi connectivity index (χ4v) is 8.56. The molecule has 1 aliphatic carbocycles. The van der Waals surface area contributed by atoms with Crippen LogP contribution in [0.1, 0.15) is 170 Å². The van der Waals surface area contributed by atoms with Crippen molar-refractivity contribution in [2.24, 2.45) is 0 Å². The highest BCUT2D eigenvalue weighted by atomic mass is 79.9. The van der Waals surface area contributed by atoms with Crippen molar-refractivity contribution in [3.63, 3.8) is 0 Å². The number of unbranched alkanes of at least 4 members (excludes halogenated alkanes) is 9. The molecule has 0 unspecified atom stereocenters. The Balaban J connectivity index is 1.49. The van der Waals surface area contributed by atoms with Crippen LogP contribution in [0.2, 0.25) is 0 Å². The van der Waals surface area contributed by atoms with Crippen molar-refractivity contribution in [1.29, 1.82) is 0 Å². The molecule has 2 heteroatoms. The van der Waals surface area contributed by atoms with E-state index in [-0.39, 0.29) is 0 Å². The lowest BCUT2D eigenvalue weighted by Gasteiger charge is -2.06. The van der Waals surface area contributed by atoms with Crippen molar-refractivity contribution in [2.45, 2.75) is 117 Å². The Bertz CT molecular complexity index is 2390. The number of aryl methyl sites for hydroxylation is 3. The Morgan fingerprint density at radius 2 is 0.567 bits per heavy atom. The summed E-state index contributed by atoms with van der Waals surface area (Å²) in [5, 5.41) is 0. The van der Waals surface area contributed by atoms with Gasteiger partial charge in [-0.05, 0) is 157 Å². The average molecular weight is 913 g/mol. The van der Waals surface area contributed by atoms with Gasteiger partial charge >= 0.3 is 0 Å². The first-order valence-corrected chi connectivity index (χ1v) is 23.7. The molecule has 0 saturated carbocycles. The van der Waals surface area contributed by atoms with Crippen molar-refractivity contribution in [3.05, 3.63) is 172 Å². The first-order valence-electron chi connectivity index (χ1n) is 22.1. The van der Waals surface area contributed by atoms with E-state index in [1.807, 2.05) is 0 Å². The minimum atomic E-state index is 0.952. The van der Waals surface area contributed by atoms with Crippen LogP contribution in [0.5, 0.6) is 0 Å². The molecule has 0 N–H and O–H groups in total. The summed E-state index contributed by atoms with van der Waals surface area (Å²) in [5.74, 6) is 28.2. The van der Waals surface area contributed by atoms with E-state index in [9.17, 15) is 0 Å². The van der Waals surface area contributed by atoms with Crippen LogP contribution in [-0.2, 0) is 19.3 Å². The van der Waals surface area contributed by atoms with E-state index >= 15 is 0 Å². The van der Waals surface area contributed by atoms with Crippen LogP contribution < -0.4 is 0 Å². The number of hydrogen-bond donors (Lipinski definition) is 0. The van der Waals surface area contributed by atoms with Crippen LogP contribution in [0, 0.1) is 47.4 Å². The van der Waals surface area contributed by atoms with E-state index in [0.29, 0.717) is 0 Å². The van der Waals surface area contributed by atoms with Gasteiger partial charge in [0, 0.05) is 53.5 Å². The molecule has 10 bridgehead atoms. The zero-order chi connectivity index (χ0) is 41.9. The summed E-state index contributed by atoms with van der Waals surface area (Å²) in [7, 11) is 0. The third-order valence-electron chi connectivity index (χ3n) is 10.6. The molecule has 0 fully saturated rings. The Morgan fingerprint density at radius 3 is 0.833 bits per heavy atom. The van der Waals surface area contributed by atoms with Crippen molar-refractivity contribution in [3.8, 4) is 47.4 Å². The number of benzene rings is 5. The lowest BCUT2D eigenvalue weighted by molar-refractivity contribution is 0.667. The number of fused-ring (bicyclic) bond motifs is 10. The normalized spacial score (nSPS) is 11.9. The summed E-state index contributed by atoms with van der Waals surface area (Å²) in [4.78, 5) is 0. The molecule has 0 saturated heterocycles. The zero-order valence-corrected chi connectivity index (χ0v) is 38.8. The summed E-state index contributed by atoms with van der Waals surface area (Å²) in [6.45, 7) is 6.79. The molecule has 0 aromatic heterocycles. The maximum Gasteiger partial charge on any atom is 0.0266 e. The molecular formula is C58H56Br2. The monoisotopic (exact) mass is 910 g/mol. The zero-order valence-electron chi connectivity index (χ0n) is 35.7. The molecule has 0 amide bonds. The van der Waals surface area contributed by atoms with Gasteiger partial charge in [-0.1, -0.05) is 170 Å². The summed E-state index contributed by atoms with van der Waals surface area (Å²) < 4.78 is 1.98. The van der Waals surface area contributed by atoms with Gasteiger partial charge in [0.25, 0.3) is 0 Å². The highest BCUT2D eigenvalue weighted by molar-refractivity contribution is 9.10. The van der Waals surface area contributed by atoms with Gasteiger partial charge in [-0.2, -0.15) is 0 Å². The lowest BCUT2D eigenvalue weighted by Crippen LogP contribution is -1.92. The van der Waals surface area contributed by atoms with Gasteiger partial charge in [0.15, 0.2) is 0 Å². The summed E-state index contributed by atoms with van der Waals surface area (Å²) in [6, 6.07) is 32.7. The second-order valence-electron chi connectivity index (χ2n) is 16.1. The molecule has 5 aromatic rings. The van der Waals surface area contributed by atoms with Crippen LogP contribution in [-0.4, -0.2) is 0 Å². The summed E-state index contributed by atoms with van der Waals surface area (Å²) in [5.41, 5.74) is 13.9. The largest absolute Gasteiger partial charge is 0.0654 e. The second kappa shape index (κ2) is 23.7. The average Bonchev–Trinajstić information content (AvgIpc) is 3.24. The fourth-order valence-electron chi connectivity index (χ4n) is 7.54. The van der Waals surface area contributed by atoms with Gasteiger partial charge in [0.2, 0.25) is 0 Å². The van der Waals surface area contributed by atoms with Gasteiger partial charge in [-0.15, -0.1) is 0 Å². The van der Waals surface area contributed by atoms with Crippen LogP contribution in [0.15, 0.2) is 99.9 Å². The van der Waals surface area contributed by atoms with Gasteiger partial charge < -0.3 is 0 Å².